The minimum atomic E-state index is -0.963. The van der Waals surface area contributed by atoms with Gasteiger partial charge in [-0.25, -0.2) is 9.48 Å². The number of hydrogen-bond donors (Lipinski definition) is 2. The molecule has 1 heterocycles. The largest absolute Gasteiger partial charge is 0.493 e. The van der Waals surface area contributed by atoms with Crippen LogP contribution >= 0.6 is 0 Å². The molecule has 1 aromatic heterocycles. The van der Waals surface area contributed by atoms with Gasteiger partial charge in [0.2, 0.25) is 5.88 Å². The number of rotatable bonds is 2. The topological polar surface area (TPSA) is 75.4 Å². The Hall–Kier alpha value is -2.30. The summed E-state index contributed by atoms with van der Waals surface area (Å²) in [4.78, 5) is 10.8. The van der Waals surface area contributed by atoms with Gasteiger partial charge < -0.3 is 10.2 Å². The quantitative estimate of drug-likeness (QED) is 0.870. The fraction of sp³-hybridized carbons (Fsp3) is 0.286. The Morgan fingerprint density at radius 1 is 1.21 bits per heavy atom. The van der Waals surface area contributed by atoms with E-state index in [-0.39, 0.29) is 17.0 Å². The van der Waals surface area contributed by atoms with Crippen LogP contribution in [0.15, 0.2) is 30.3 Å². The zero-order chi connectivity index (χ0) is 14.2. The lowest BCUT2D eigenvalue weighted by Crippen LogP contribution is -2.22. The Morgan fingerprint density at radius 3 is 2.21 bits per heavy atom. The van der Waals surface area contributed by atoms with Gasteiger partial charge in [-0.2, -0.15) is 5.10 Å². The summed E-state index contributed by atoms with van der Waals surface area (Å²) in [7, 11) is 0. The second kappa shape index (κ2) is 4.42. The van der Waals surface area contributed by atoms with Crippen LogP contribution < -0.4 is 0 Å². The molecule has 0 aliphatic heterocycles. The van der Waals surface area contributed by atoms with Crippen molar-refractivity contribution in [3.8, 4) is 17.1 Å². The first-order valence-electron chi connectivity index (χ1n) is 5.92. The average molecular weight is 260 g/mol. The first kappa shape index (κ1) is 13.1. The molecule has 0 spiro atoms. The number of hydrogen-bond acceptors (Lipinski definition) is 3. The van der Waals surface area contributed by atoms with Crippen LogP contribution in [-0.4, -0.2) is 26.0 Å². The van der Waals surface area contributed by atoms with E-state index in [9.17, 15) is 9.90 Å². The van der Waals surface area contributed by atoms with Crippen LogP contribution in [0.2, 0.25) is 0 Å². The van der Waals surface area contributed by atoms with Crippen LogP contribution in [0.5, 0.6) is 5.88 Å². The molecule has 0 bridgehead atoms. The van der Waals surface area contributed by atoms with Gasteiger partial charge in [0.05, 0.1) is 16.8 Å². The molecule has 1 aromatic carbocycles. The molecule has 100 valence electrons. The summed E-state index contributed by atoms with van der Waals surface area (Å²) < 4.78 is 1.54. The molecule has 0 aliphatic carbocycles. The highest BCUT2D eigenvalue weighted by molar-refractivity contribution is 5.88. The van der Waals surface area contributed by atoms with E-state index in [1.54, 1.807) is 18.2 Å². The molecule has 2 N–H and O–H groups in total. The predicted octanol–water partition coefficient (Wildman–Crippen LogP) is 2.71. The molecular weight excluding hydrogens is 244 g/mol. The molecule has 2 aromatic rings. The third-order valence-corrected chi connectivity index (χ3v) is 2.75. The van der Waals surface area contributed by atoms with E-state index in [2.05, 4.69) is 5.10 Å². The highest BCUT2D eigenvalue weighted by Gasteiger charge is 2.19. The van der Waals surface area contributed by atoms with Gasteiger partial charge in [-0.1, -0.05) is 12.1 Å². The van der Waals surface area contributed by atoms with Crippen LogP contribution in [0.25, 0.3) is 11.3 Å². The van der Waals surface area contributed by atoms with Crippen molar-refractivity contribution in [3.63, 3.8) is 0 Å². The van der Waals surface area contributed by atoms with Crippen LogP contribution in [0, 0.1) is 0 Å². The molecular formula is C14H16N2O3. The Balaban J connectivity index is 2.40. The van der Waals surface area contributed by atoms with E-state index in [1.807, 2.05) is 20.8 Å². The summed E-state index contributed by atoms with van der Waals surface area (Å²) in [5.41, 5.74) is 1.29. The van der Waals surface area contributed by atoms with Gasteiger partial charge in [0.1, 0.15) is 0 Å². The minimum Gasteiger partial charge on any atom is -0.493 e. The summed E-state index contributed by atoms with van der Waals surface area (Å²) in [6.07, 6.45) is 0. The number of aromatic carboxylic acids is 1. The van der Waals surface area contributed by atoms with Crippen molar-refractivity contribution in [2.75, 3.05) is 0 Å². The zero-order valence-electron chi connectivity index (χ0n) is 11.1. The average Bonchev–Trinajstić information content (AvgIpc) is 2.71. The van der Waals surface area contributed by atoms with Crippen molar-refractivity contribution in [1.82, 2.24) is 9.78 Å². The summed E-state index contributed by atoms with van der Waals surface area (Å²) in [6.45, 7) is 5.82. The smallest absolute Gasteiger partial charge is 0.335 e. The number of carboxylic acid groups (broad SMARTS) is 1. The molecule has 0 aliphatic rings. The number of nitrogens with zero attached hydrogens (tertiary/aromatic N) is 2. The van der Waals surface area contributed by atoms with E-state index in [0.717, 1.165) is 5.56 Å². The van der Waals surface area contributed by atoms with Crippen LogP contribution in [0.1, 0.15) is 31.1 Å². The second-order valence-electron chi connectivity index (χ2n) is 5.35. The Kier molecular flexibility index (Phi) is 3.06. The molecule has 19 heavy (non-hydrogen) atoms. The van der Waals surface area contributed by atoms with Crippen LogP contribution in [0.4, 0.5) is 0 Å². The lowest BCUT2D eigenvalue weighted by molar-refractivity contribution is 0.0697. The maximum atomic E-state index is 10.8. The van der Waals surface area contributed by atoms with E-state index >= 15 is 0 Å². The SMILES string of the molecule is CC(C)(C)n1nc(-c2ccc(C(=O)O)cc2)cc1O. The fourth-order valence-corrected chi connectivity index (χ4v) is 1.79. The van der Waals surface area contributed by atoms with Crippen LogP contribution in [-0.2, 0) is 5.54 Å². The Labute approximate surface area is 111 Å². The van der Waals surface area contributed by atoms with Gasteiger partial charge in [0, 0.05) is 11.6 Å². The van der Waals surface area contributed by atoms with Crippen molar-refractivity contribution in [1.29, 1.82) is 0 Å². The highest BCUT2D eigenvalue weighted by atomic mass is 16.4. The van der Waals surface area contributed by atoms with E-state index in [4.69, 9.17) is 5.11 Å². The van der Waals surface area contributed by atoms with Crippen molar-refractivity contribution >= 4 is 5.97 Å². The van der Waals surface area contributed by atoms with Gasteiger partial charge in [-0.05, 0) is 32.9 Å². The fourth-order valence-electron chi connectivity index (χ4n) is 1.79. The Morgan fingerprint density at radius 2 is 1.79 bits per heavy atom. The molecule has 2 rings (SSSR count). The molecule has 0 saturated carbocycles. The molecule has 0 amide bonds. The van der Waals surface area contributed by atoms with Crippen molar-refractivity contribution < 1.29 is 15.0 Å². The number of aromatic nitrogens is 2. The summed E-state index contributed by atoms with van der Waals surface area (Å²) >= 11 is 0. The zero-order valence-corrected chi connectivity index (χ0v) is 11.1. The molecule has 0 radical (unpaired) electrons. The highest BCUT2D eigenvalue weighted by Crippen LogP contribution is 2.27. The molecule has 0 atom stereocenters. The molecule has 0 fully saturated rings. The lowest BCUT2D eigenvalue weighted by atomic mass is 10.1. The normalized spacial score (nSPS) is 11.5. The maximum absolute atomic E-state index is 10.8. The van der Waals surface area contributed by atoms with Gasteiger partial charge >= 0.3 is 5.97 Å². The lowest BCUT2D eigenvalue weighted by Gasteiger charge is -2.19. The summed E-state index contributed by atoms with van der Waals surface area (Å²) in [5.74, 6) is -0.876. The Bertz CT molecular complexity index is 607. The minimum absolute atomic E-state index is 0.0878. The van der Waals surface area contributed by atoms with Crippen LogP contribution in [0.3, 0.4) is 0 Å². The molecule has 5 heteroatoms. The van der Waals surface area contributed by atoms with Gasteiger partial charge in [0.15, 0.2) is 0 Å². The summed E-state index contributed by atoms with van der Waals surface area (Å²) in [5, 5.41) is 23.1. The van der Waals surface area contributed by atoms with Crippen molar-refractivity contribution in [2.45, 2.75) is 26.3 Å². The predicted molar refractivity (Wildman–Crippen MR) is 71.3 cm³/mol. The molecule has 0 saturated heterocycles. The third kappa shape index (κ3) is 2.59. The number of carbonyl (C=O) groups is 1. The monoisotopic (exact) mass is 260 g/mol. The molecule has 0 unspecified atom stereocenters. The third-order valence-electron chi connectivity index (χ3n) is 2.75. The number of benzene rings is 1. The number of carboxylic acids is 1. The second-order valence-corrected chi connectivity index (χ2v) is 5.35. The first-order valence-corrected chi connectivity index (χ1v) is 5.92. The maximum Gasteiger partial charge on any atom is 0.335 e. The van der Waals surface area contributed by atoms with Crippen molar-refractivity contribution in [2.24, 2.45) is 0 Å². The van der Waals surface area contributed by atoms with E-state index in [1.165, 1.54) is 16.8 Å². The van der Waals surface area contributed by atoms with E-state index < -0.39 is 5.97 Å². The number of aromatic hydroxyl groups is 1. The van der Waals surface area contributed by atoms with E-state index in [0.29, 0.717) is 5.69 Å². The van der Waals surface area contributed by atoms with Gasteiger partial charge in [-0.3, -0.25) is 0 Å². The summed E-state index contributed by atoms with van der Waals surface area (Å²) in [6, 6.07) is 7.97. The standard InChI is InChI=1S/C14H16N2O3/c1-14(2,3)16-12(17)8-11(15-16)9-4-6-10(7-5-9)13(18)19/h4-8,17H,1-3H3,(H,18,19). The van der Waals surface area contributed by atoms with Gasteiger partial charge in [0.25, 0.3) is 0 Å². The molecule has 5 nitrogen and oxygen atoms in total. The van der Waals surface area contributed by atoms with Crippen molar-refractivity contribution in [3.05, 3.63) is 35.9 Å². The first-order chi connectivity index (χ1) is 8.79. The van der Waals surface area contributed by atoms with Gasteiger partial charge in [-0.15, -0.1) is 0 Å².